The molecule has 0 spiro atoms. The van der Waals surface area contributed by atoms with Crippen LogP contribution in [0.3, 0.4) is 0 Å². The number of hydrogen-bond acceptors (Lipinski definition) is 4. The molecular weight excluding hydrogens is 431 g/mol. The lowest BCUT2D eigenvalue weighted by Crippen LogP contribution is -2.50. The standard InChI is InChI=1S/C24H24F3N5O/c1-16-3-9-20(10-4-16)29-23(33)32-13-11-31(12-14-32)21-15-17(2)28-22(30-21)18-5-7-19(8-6-18)24(25,26)27/h3-10,15H,11-14H2,1-2H3,(H,29,33). The Labute approximate surface area is 190 Å². The zero-order valence-corrected chi connectivity index (χ0v) is 18.4. The fourth-order valence-electron chi connectivity index (χ4n) is 3.63. The predicted molar refractivity (Wildman–Crippen MR) is 121 cm³/mol. The van der Waals surface area contributed by atoms with Gasteiger partial charge in [-0.25, -0.2) is 14.8 Å². The molecule has 1 aliphatic heterocycles. The van der Waals surface area contributed by atoms with Gasteiger partial charge in [0.15, 0.2) is 5.82 Å². The van der Waals surface area contributed by atoms with Crippen LogP contribution in [0.25, 0.3) is 11.4 Å². The van der Waals surface area contributed by atoms with Gasteiger partial charge in [-0.15, -0.1) is 0 Å². The van der Waals surface area contributed by atoms with Crippen molar-refractivity contribution in [2.24, 2.45) is 0 Å². The second-order valence-electron chi connectivity index (χ2n) is 8.04. The van der Waals surface area contributed by atoms with Crippen molar-refractivity contribution < 1.29 is 18.0 Å². The first-order chi connectivity index (χ1) is 15.7. The van der Waals surface area contributed by atoms with Crippen molar-refractivity contribution >= 4 is 17.5 Å². The van der Waals surface area contributed by atoms with Crippen LogP contribution in [0.5, 0.6) is 0 Å². The lowest BCUT2D eigenvalue weighted by molar-refractivity contribution is -0.137. The van der Waals surface area contributed by atoms with Crippen molar-refractivity contribution in [2.45, 2.75) is 20.0 Å². The first-order valence-electron chi connectivity index (χ1n) is 10.6. The summed E-state index contributed by atoms with van der Waals surface area (Å²) in [4.78, 5) is 25.4. The number of anilines is 2. The third-order valence-electron chi connectivity index (χ3n) is 5.50. The van der Waals surface area contributed by atoms with Gasteiger partial charge in [-0.1, -0.05) is 29.8 Å². The third kappa shape index (κ3) is 5.42. The summed E-state index contributed by atoms with van der Waals surface area (Å²) >= 11 is 0. The minimum Gasteiger partial charge on any atom is -0.353 e. The van der Waals surface area contributed by atoms with Gasteiger partial charge < -0.3 is 15.1 Å². The van der Waals surface area contributed by atoms with Gasteiger partial charge in [0.1, 0.15) is 5.82 Å². The molecule has 0 atom stereocenters. The van der Waals surface area contributed by atoms with Gasteiger partial charge in [-0.05, 0) is 38.1 Å². The Hall–Kier alpha value is -3.62. The summed E-state index contributed by atoms with van der Waals surface area (Å²) in [5, 5.41) is 2.91. The molecule has 4 rings (SSSR count). The number of carbonyl (C=O) groups is 1. The molecule has 2 amide bonds. The van der Waals surface area contributed by atoms with Gasteiger partial charge in [0.25, 0.3) is 0 Å². The highest BCUT2D eigenvalue weighted by Gasteiger charge is 2.30. The van der Waals surface area contributed by atoms with E-state index < -0.39 is 11.7 Å². The van der Waals surface area contributed by atoms with Gasteiger partial charge in [0.05, 0.1) is 5.56 Å². The number of urea groups is 1. The summed E-state index contributed by atoms with van der Waals surface area (Å²) in [5.41, 5.74) is 2.40. The molecular formula is C24H24F3N5O. The van der Waals surface area contributed by atoms with Crippen molar-refractivity contribution in [3.05, 3.63) is 71.4 Å². The van der Waals surface area contributed by atoms with Gasteiger partial charge in [-0.3, -0.25) is 0 Å². The monoisotopic (exact) mass is 455 g/mol. The molecule has 0 aliphatic carbocycles. The molecule has 0 unspecified atom stereocenters. The number of rotatable bonds is 3. The number of amides is 2. The fourth-order valence-corrected chi connectivity index (χ4v) is 3.63. The van der Waals surface area contributed by atoms with Crippen LogP contribution in [-0.2, 0) is 6.18 Å². The number of aryl methyl sites for hydroxylation is 2. The maximum absolute atomic E-state index is 12.8. The number of nitrogens with one attached hydrogen (secondary N) is 1. The Kier molecular flexibility index (Phi) is 6.22. The SMILES string of the molecule is Cc1ccc(NC(=O)N2CCN(c3cc(C)nc(-c4ccc(C(F)(F)F)cc4)n3)CC2)cc1. The van der Waals surface area contributed by atoms with Crippen molar-refractivity contribution in [3.63, 3.8) is 0 Å². The highest BCUT2D eigenvalue weighted by atomic mass is 19.4. The van der Waals surface area contributed by atoms with Crippen LogP contribution in [0.1, 0.15) is 16.8 Å². The predicted octanol–water partition coefficient (Wildman–Crippen LogP) is 5.13. The number of hydrogen-bond donors (Lipinski definition) is 1. The largest absolute Gasteiger partial charge is 0.416 e. The van der Waals surface area contributed by atoms with E-state index in [0.29, 0.717) is 43.4 Å². The fraction of sp³-hybridized carbons (Fsp3) is 0.292. The molecule has 2 heterocycles. The minimum atomic E-state index is -4.39. The highest BCUT2D eigenvalue weighted by molar-refractivity contribution is 5.89. The van der Waals surface area contributed by atoms with Crippen LogP contribution >= 0.6 is 0 Å². The normalized spacial score (nSPS) is 14.3. The molecule has 1 N–H and O–H groups in total. The van der Waals surface area contributed by atoms with Crippen LogP contribution in [0.15, 0.2) is 54.6 Å². The summed E-state index contributed by atoms with van der Waals surface area (Å²) in [6.45, 7) is 6.04. The van der Waals surface area contributed by atoms with Crippen LogP contribution in [0.4, 0.5) is 29.5 Å². The van der Waals surface area contributed by atoms with E-state index in [4.69, 9.17) is 0 Å². The number of alkyl halides is 3. The molecule has 2 aromatic carbocycles. The van der Waals surface area contributed by atoms with Crippen molar-refractivity contribution in [2.75, 3.05) is 36.4 Å². The molecule has 0 radical (unpaired) electrons. The molecule has 0 saturated carbocycles. The summed E-state index contributed by atoms with van der Waals surface area (Å²) in [5.74, 6) is 1.06. The van der Waals surface area contributed by atoms with E-state index in [0.717, 1.165) is 29.1 Å². The van der Waals surface area contributed by atoms with E-state index in [9.17, 15) is 18.0 Å². The van der Waals surface area contributed by atoms with Crippen LogP contribution in [0.2, 0.25) is 0 Å². The minimum absolute atomic E-state index is 0.150. The summed E-state index contributed by atoms with van der Waals surface area (Å²) in [6.07, 6.45) is -4.39. The molecule has 3 aromatic rings. The quantitative estimate of drug-likeness (QED) is 0.595. The van der Waals surface area contributed by atoms with Crippen molar-refractivity contribution in [1.82, 2.24) is 14.9 Å². The topological polar surface area (TPSA) is 61.4 Å². The Bertz CT molecular complexity index is 1120. The summed E-state index contributed by atoms with van der Waals surface area (Å²) in [6, 6.07) is 14.2. The number of aromatic nitrogens is 2. The van der Waals surface area contributed by atoms with E-state index in [1.165, 1.54) is 12.1 Å². The summed E-state index contributed by atoms with van der Waals surface area (Å²) in [7, 11) is 0. The van der Waals surface area contributed by atoms with Crippen molar-refractivity contribution in [3.8, 4) is 11.4 Å². The number of benzene rings is 2. The van der Waals surface area contributed by atoms with Crippen molar-refractivity contribution in [1.29, 1.82) is 0 Å². The van der Waals surface area contributed by atoms with Gasteiger partial charge in [0, 0.05) is 49.2 Å². The molecule has 1 aromatic heterocycles. The molecule has 33 heavy (non-hydrogen) atoms. The number of piperazine rings is 1. The van der Waals surface area contributed by atoms with E-state index in [1.807, 2.05) is 44.2 Å². The first-order valence-corrected chi connectivity index (χ1v) is 10.6. The zero-order chi connectivity index (χ0) is 23.6. The van der Waals surface area contributed by atoms with E-state index in [1.54, 1.807) is 4.90 Å². The first kappa shape index (κ1) is 22.6. The molecule has 1 saturated heterocycles. The molecule has 1 aliphatic rings. The lowest BCUT2D eigenvalue weighted by Gasteiger charge is -2.35. The Morgan fingerprint density at radius 3 is 2.15 bits per heavy atom. The zero-order valence-electron chi connectivity index (χ0n) is 18.4. The number of carbonyl (C=O) groups excluding carboxylic acids is 1. The Morgan fingerprint density at radius 2 is 1.55 bits per heavy atom. The number of halogens is 3. The summed E-state index contributed by atoms with van der Waals surface area (Å²) < 4.78 is 38.5. The van der Waals surface area contributed by atoms with Crippen LogP contribution < -0.4 is 10.2 Å². The Morgan fingerprint density at radius 1 is 0.909 bits per heavy atom. The Balaban J connectivity index is 1.42. The lowest BCUT2D eigenvalue weighted by atomic mass is 10.1. The molecule has 9 heteroatoms. The smallest absolute Gasteiger partial charge is 0.353 e. The molecule has 172 valence electrons. The highest BCUT2D eigenvalue weighted by Crippen LogP contribution is 2.30. The average Bonchev–Trinajstić information content (AvgIpc) is 2.80. The van der Waals surface area contributed by atoms with E-state index >= 15 is 0 Å². The average molecular weight is 455 g/mol. The van der Waals surface area contributed by atoms with E-state index in [-0.39, 0.29) is 6.03 Å². The maximum atomic E-state index is 12.8. The number of nitrogens with zero attached hydrogens (tertiary/aromatic N) is 4. The van der Waals surface area contributed by atoms with Gasteiger partial charge >= 0.3 is 12.2 Å². The van der Waals surface area contributed by atoms with E-state index in [2.05, 4.69) is 20.2 Å². The molecule has 0 bridgehead atoms. The molecule has 1 fully saturated rings. The van der Waals surface area contributed by atoms with Crippen LogP contribution in [-0.4, -0.2) is 47.1 Å². The maximum Gasteiger partial charge on any atom is 0.416 e. The second kappa shape index (κ2) is 9.09. The molecule has 6 nitrogen and oxygen atoms in total. The third-order valence-corrected chi connectivity index (χ3v) is 5.50. The van der Waals surface area contributed by atoms with Gasteiger partial charge in [-0.2, -0.15) is 13.2 Å². The van der Waals surface area contributed by atoms with Crippen LogP contribution in [0, 0.1) is 13.8 Å². The second-order valence-corrected chi connectivity index (χ2v) is 8.04. The van der Waals surface area contributed by atoms with Gasteiger partial charge in [0.2, 0.25) is 0 Å².